The summed E-state index contributed by atoms with van der Waals surface area (Å²) in [6, 6.07) is 4.35. The predicted molar refractivity (Wildman–Crippen MR) is 82.1 cm³/mol. The zero-order valence-corrected chi connectivity index (χ0v) is 12.7. The average molecular weight is 293 g/mol. The summed E-state index contributed by atoms with van der Waals surface area (Å²) in [5.41, 5.74) is 0.0291. The van der Waals surface area contributed by atoms with Crippen LogP contribution in [0.15, 0.2) is 30.2 Å². The van der Waals surface area contributed by atoms with Gasteiger partial charge in [0.15, 0.2) is 0 Å². The van der Waals surface area contributed by atoms with E-state index in [1.807, 2.05) is 17.4 Å². The molecule has 2 aliphatic heterocycles. The van der Waals surface area contributed by atoms with Crippen LogP contribution in [-0.2, 0) is 16.0 Å². The fourth-order valence-electron chi connectivity index (χ4n) is 3.35. The Morgan fingerprint density at radius 1 is 1.60 bits per heavy atom. The Labute approximate surface area is 125 Å². The van der Waals surface area contributed by atoms with E-state index in [0.717, 1.165) is 26.1 Å². The monoisotopic (exact) mass is 293 g/mol. The van der Waals surface area contributed by atoms with Crippen molar-refractivity contribution in [1.82, 2.24) is 4.90 Å². The molecule has 0 aliphatic carbocycles. The second-order valence-electron chi connectivity index (χ2n) is 5.84. The van der Waals surface area contributed by atoms with Gasteiger partial charge < -0.3 is 9.47 Å². The highest BCUT2D eigenvalue weighted by Gasteiger charge is 2.43. The number of hydrogen-bond acceptors (Lipinski definition) is 4. The standard InChI is InChI=1S/C16H23NO2S/c1-2-8-18-14-10-16(19-12-14)6-4-7-17(13-16)11-15-5-3-9-20-15/h2-3,5,9,14H,1,4,6-8,10-13H2/t14-,16+/m1/s1. The average Bonchev–Trinajstić information content (AvgIpc) is 3.07. The van der Waals surface area contributed by atoms with Crippen LogP contribution in [-0.4, -0.2) is 42.9 Å². The van der Waals surface area contributed by atoms with Crippen molar-refractivity contribution < 1.29 is 9.47 Å². The maximum absolute atomic E-state index is 6.14. The van der Waals surface area contributed by atoms with Crippen LogP contribution >= 0.6 is 11.3 Å². The second kappa shape index (κ2) is 6.39. The third kappa shape index (κ3) is 3.31. The summed E-state index contributed by atoms with van der Waals surface area (Å²) in [5, 5.41) is 2.15. The van der Waals surface area contributed by atoms with Crippen LogP contribution in [0.25, 0.3) is 0 Å². The van der Waals surface area contributed by atoms with Gasteiger partial charge in [-0.05, 0) is 30.8 Å². The molecule has 3 heterocycles. The number of hydrogen-bond donors (Lipinski definition) is 0. The lowest BCUT2D eigenvalue weighted by Crippen LogP contribution is -2.47. The lowest BCUT2D eigenvalue weighted by molar-refractivity contribution is -0.0542. The second-order valence-corrected chi connectivity index (χ2v) is 6.87. The first-order valence-electron chi connectivity index (χ1n) is 7.41. The predicted octanol–water partition coefficient (Wildman–Crippen LogP) is 3.07. The Morgan fingerprint density at radius 2 is 2.55 bits per heavy atom. The maximum atomic E-state index is 6.14. The van der Waals surface area contributed by atoms with Crippen LogP contribution in [0.2, 0.25) is 0 Å². The molecule has 2 aliphatic rings. The van der Waals surface area contributed by atoms with Gasteiger partial charge in [-0.3, -0.25) is 4.90 Å². The summed E-state index contributed by atoms with van der Waals surface area (Å²) in [6.07, 6.45) is 5.48. The summed E-state index contributed by atoms with van der Waals surface area (Å²) < 4.78 is 11.9. The molecule has 3 nitrogen and oxygen atoms in total. The first-order valence-corrected chi connectivity index (χ1v) is 8.29. The number of likely N-dealkylation sites (tertiary alicyclic amines) is 1. The number of piperidine rings is 1. The van der Waals surface area contributed by atoms with Crippen molar-refractivity contribution in [3.05, 3.63) is 35.0 Å². The topological polar surface area (TPSA) is 21.7 Å². The highest BCUT2D eigenvalue weighted by Crippen LogP contribution is 2.36. The molecule has 0 radical (unpaired) electrons. The SMILES string of the molecule is C=CCO[C@H]1CO[C@@]2(CCCN(Cc3cccs3)C2)C1. The molecule has 0 aromatic carbocycles. The fraction of sp³-hybridized carbons (Fsp3) is 0.625. The van der Waals surface area contributed by atoms with E-state index in [4.69, 9.17) is 9.47 Å². The first-order chi connectivity index (χ1) is 9.80. The lowest BCUT2D eigenvalue weighted by Gasteiger charge is -2.39. The fourth-order valence-corrected chi connectivity index (χ4v) is 4.09. The largest absolute Gasteiger partial charge is 0.372 e. The van der Waals surface area contributed by atoms with Crippen molar-refractivity contribution in [2.24, 2.45) is 0 Å². The molecule has 3 rings (SSSR count). The van der Waals surface area contributed by atoms with Crippen molar-refractivity contribution in [2.75, 3.05) is 26.3 Å². The van der Waals surface area contributed by atoms with Gasteiger partial charge in [-0.15, -0.1) is 17.9 Å². The molecule has 2 fully saturated rings. The van der Waals surface area contributed by atoms with Crippen LogP contribution in [0, 0.1) is 0 Å². The number of rotatable bonds is 5. The van der Waals surface area contributed by atoms with Crippen LogP contribution in [0.3, 0.4) is 0 Å². The van der Waals surface area contributed by atoms with Crippen LogP contribution in [0.1, 0.15) is 24.1 Å². The van der Waals surface area contributed by atoms with Gasteiger partial charge in [-0.2, -0.15) is 0 Å². The van der Waals surface area contributed by atoms with Gasteiger partial charge in [0, 0.05) is 24.4 Å². The Hall–Kier alpha value is -0.680. The summed E-state index contributed by atoms with van der Waals surface area (Å²) in [6.45, 7) is 8.35. The minimum Gasteiger partial charge on any atom is -0.372 e. The number of nitrogens with zero attached hydrogens (tertiary/aromatic N) is 1. The van der Waals surface area contributed by atoms with Crippen molar-refractivity contribution >= 4 is 11.3 Å². The van der Waals surface area contributed by atoms with Crippen LogP contribution in [0.4, 0.5) is 0 Å². The number of thiophene rings is 1. The molecule has 20 heavy (non-hydrogen) atoms. The summed E-state index contributed by atoms with van der Waals surface area (Å²) >= 11 is 1.84. The summed E-state index contributed by atoms with van der Waals surface area (Å²) in [4.78, 5) is 3.98. The van der Waals surface area contributed by atoms with Gasteiger partial charge in [0.25, 0.3) is 0 Å². The quantitative estimate of drug-likeness (QED) is 0.779. The van der Waals surface area contributed by atoms with E-state index in [1.165, 1.54) is 24.3 Å². The number of ether oxygens (including phenoxy) is 2. The van der Waals surface area contributed by atoms with E-state index in [9.17, 15) is 0 Å². The van der Waals surface area contributed by atoms with E-state index in [1.54, 1.807) is 0 Å². The summed E-state index contributed by atoms with van der Waals surface area (Å²) in [5.74, 6) is 0. The molecule has 2 saturated heterocycles. The van der Waals surface area contributed by atoms with Gasteiger partial charge >= 0.3 is 0 Å². The van der Waals surface area contributed by atoms with E-state index >= 15 is 0 Å². The Balaban J connectivity index is 1.56. The van der Waals surface area contributed by atoms with E-state index in [-0.39, 0.29) is 11.7 Å². The summed E-state index contributed by atoms with van der Waals surface area (Å²) in [7, 11) is 0. The first kappa shape index (κ1) is 14.3. The van der Waals surface area contributed by atoms with Gasteiger partial charge in [-0.1, -0.05) is 12.1 Å². The van der Waals surface area contributed by atoms with Crippen molar-refractivity contribution in [3.63, 3.8) is 0 Å². The molecular weight excluding hydrogens is 270 g/mol. The van der Waals surface area contributed by atoms with Crippen LogP contribution < -0.4 is 0 Å². The molecule has 1 aromatic rings. The van der Waals surface area contributed by atoms with Gasteiger partial charge in [-0.25, -0.2) is 0 Å². The molecule has 0 bridgehead atoms. The normalized spacial score (nSPS) is 30.9. The minimum absolute atomic E-state index is 0.0291. The van der Waals surface area contributed by atoms with Crippen molar-refractivity contribution in [2.45, 2.75) is 37.5 Å². The van der Waals surface area contributed by atoms with Gasteiger partial charge in [0.2, 0.25) is 0 Å². The zero-order chi connectivity index (χ0) is 13.8. The van der Waals surface area contributed by atoms with Gasteiger partial charge in [0.1, 0.15) is 0 Å². The van der Waals surface area contributed by atoms with Gasteiger partial charge in [0.05, 0.1) is 24.9 Å². The van der Waals surface area contributed by atoms with Crippen LogP contribution in [0.5, 0.6) is 0 Å². The smallest absolute Gasteiger partial charge is 0.0841 e. The maximum Gasteiger partial charge on any atom is 0.0841 e. The zero-order valence-electron chi connectivity index (χ0n) is 11.9. The van der Waals surface area contributed by atoms with E-state index in [0.29, 0.717) is 6.61 Å². The molecular formula is C16H23NO2S. The molecule has 4 heteroatoms. The highest BCUT2D eigenvalue weighted by molar-refractivity contribution is 7.09. The Kier molecular flexibility index (Phi) is 4.56. The molecule has 0 amide bonds. The van der Waals surface area contributed by atoms with E-state index in [2.05, 4.69) is 29.0 Å². The lowest BCUT2D eigenvalue weighted by atomic mass is 9.89. The molecule has 110 valence electrons. The Bertz CT molecular complexity index is 434. The third-order valence-electron chi connectivity index (χ3n) is 4.20. The minimum atomic E-state index is 0.0291. The molecule has 0 unspecified atom stereocenters. The van der Waals surface area contributed by atoms with Crippen molar-refractivity contribution in [3.8, 4) is 0 Å². The molecule has 0 saturated carbocycles. The third-order valence-corrected chi connectivity index (χ3v) is 5.06. The Morgan fingerprint density at radius 3 is 3.35 bits per heavy atom. The molecule has 1 aromatic heterocycles. The molecule has 1 spiro atoms. The van der Waals surface area contributed by atoms with Crippen molar-refractivity contribution in [1.29, 1.82) is 0 Å². The highest BCUT2D eigenvalue weighted by atomic mass is 32.1. The molecule has 0 N–H and O–H groups in total. The molecule has 2 atom stereocenters. The van der Waals surface area contributed by atoms with E-state index < -0.39 is 0 Å².